The quantitative estimate of drug-likeness (QED) is 0.746. The number of methoxy groups -OCH3 is 1. The fourth-order valence-electron chi connectivity index (χ4n) is 1.82. The zero-order valence-corrected chi connectivity index (χ0v) is 12.5. The van der Waals surface area contributed by atoms with Crippen LogP contribution in [0.15, 0.2) is 12.1 Å². The van der Waals surface area contributed by atoms with Crippen LogP contribution in [0.2, 0.25) is 0 Å². The van der Waals surface area contributed by atoms with E-state index in [1.807, 2.05) is 13.8 Å². The normalized spacial score (nSPS) is 11.6. The lowest BCUT2D eigenvalue weighted by Crippen LogP contribution is -2.15. The maximum absolute atomic E-state index is 12.7. The highest BCUT2D eigenvalue weighted by Gasteiger charge is 2.29. The zero-order chi connectivity index (χ0) is 13.8. The predicted octanol–water partition coefficient (Wildman–Crippen LogP) is 3.20. The molecule has 0 atom stereocenters. The maximum atomic E-state index is 12.7. The van der Waals surface area contributed by atoms with Gasteiger partial charge >= 0.3 is 7.60 Å². The second-order valence-corrected chi connectivity index (χ2v) is 5.86. The molecule has 0 N–H and O–H groups in total. The van der Waals surface area contributed by atoms with Crippen LogP contribution in [-0.4, -0.2) is 20.3 Å². The number of benzene rings is 1. The third-order valence-corrected chi connectivity index (χ3v) is 5.09. The van der Waals surface area contributed by atoms with Crippen LogP contribution >= 0.6 is 7.60 Å². The molecule has 4 nitrogen and oxygen atoms in total. The Hall–Kier alpha value is -0.830. The molecule has 0 aliphatic rings. The number of hydrogen-bond acceptors (Lipinski definition) is 4. The summed E-state index contributed by atoms with van der Waals surface area (Å²) >= 11 is 0. The highest BCUT2D eigenvalue weighted by atomic mass is 31.2. The first-order chi connectivity index (χ1) is 8.50. The Bertz CT molecular complexity index is 447. The van der Waals surface area contributed by atoms with Crippen molar-refractivity contribution in [3.05, 3.63) is 23.3 Å². The Labute approximate surface area is 109 Å². The van der Waals surface area contributed by atoms with Gasteiger partial charge in [0.15, 0.2) is 0 Å². The molecule has 0 unspecified atom stereocenters. The van der Waals surface area contributed by atoms with Crippen LogP contribution in [0.4, 0.5) is 0 Å². The molecule has 0 fully saturated rings. The monoisotopic (exact) mass is 272 g/mol. The van der Waals surface area contributed by atoms with Crippen molar-refractivity contribution in [2.24, 2.45) is 0 Å². The Morgan fingerprint density at radius 1 is 1.06 bits per heavy atom. The lowest BCUT2D eigenvalue weighted by molar-refractivity contribution is 0.230. The summed E-state index contributed by atoms with van der Waals surface area (Å²) in [7, 11) is -1.60. The third kappa shape index (κ3) is 2.94. The van der Waals surface area contributed by atoms with Gasteiger partial charge in [0.25, 0.3) is 0 Å². The number of hydrogen-bond donors (Lipinski definition) is 0. The largest absolute Gasteiger partial charge is 0.496 e. The summed E-state index contributed by atoms with van der Waals surface area (Å²) in [6.07, 6.45) is 0. The van der Waals surface area contributed by atoms with E-state index in [-0.39, 0.29) is 0 Å². The average Bonchev–Trinajstić information content (AvgIpc) is 2.33. The van der Waals surface area contributed by atoms with Crippen molar-refractivity contribution in [3.63, 3.8) is 0 Å². The summed E-state index contributed by atoms with van der Waals surface area (Å²) in [6.45, 7) is 8.14. The number of rotatable bonds is 6. The van der Waals surface area contributed by atoms with Crippen LogP contribution in [-0.2, 0) is 13.6 Å². The predicted molar refractivity (Wildman–Crippen MR) is 73.0 cm³/mol. The van der Waals surface area contributed by atoms with Crippen LogP contribution < -0.4 is 10.0 Å². The van der Waals surface area contributed by atoms with Gasteiger partial charge in [0.1, 0.15) is 5.75 Å². The summed E-state index contributed by atoms with van der Waals surface area (Å²) in [4.78, 5) is 0. The molecule has 18 heavy (non-hydrogen) atoms. The molecule has 0 spiro atoms. The first-order valence-electron chi connectivity index (χ1n) is 6.04. The summed E-state index contributed by atoms with van der Waals surface area (Å²) < 4.78 is 28.7. The molecular formula is C13H21O4P. The third-order valence-electron chi connectivity index (χ3n) is 2.82. The molecule has 0 saturated heterocycles. The Balaban J connectivity index is 3.30. The SMILES string of the molecule is CCOP(=O)(OCC)c1ccc(OC)c(C)c1C. The molecule has 0 aliphatic heterocycles. The molecule has 5 heteroatoms. The minimum absolute atomic E-state index is 0.349. The van der Waals surface area contributed by atoms with Gasteiger partial charge in [-0.3, -0.25) is 4.57 Å². The molecule has 0 aromatic heterocycles. The molecule has 0 aliphatic carbocycles. The van der Waals surface area contributed by atoms with Gasteiger partial charge in [-0.05, 0) is 51.0 Å². The first kappa shape index (κ1) is 15.2. The number of ether oxygens (including phenoxy) is 1. The summed E-state index contributed by atoms with van der Waals surface area (Å²) in [6, 6.07) is 3.55. The van der Waals surface area contributed by atoms with Gasteiger partial charge < -0.3 is 13.8 Å². The summed E-state index contributed by atoms with van der Waals surface area (Å²) in [5.41, 5.74) is 1.84. The Morgan fingerprint density at radius 3 is 2.06 bits per heavy atom. The molecule has 1 rings (SSSR count). The van der Waals surface area contributed by atoms with Crippen molar-refractivity contribution in [1.29, 1.82) is 0 Å². The minimum Gasteiger partial charge on any atom is -0.496 e. The molecule has 0 radical (unpaired) electrons. The molecule has 1 aromatic rings. The smallest absolute Gasteiger partial charge is 0.361 e. The fourth-order valence-corrected chi connectivity index (χ4v) is 3.68. The van der Waals surface area contributed by atoms with Gasteiger partial charge in [-0.2, -0.15) is 0 Å². The molecule has 0 bridgehead atoms. The van der Waals surface area contributed by atoms with Gasteiger partial charge in [0.2, 0.25) is 0 Å². The van der Waals surface area contributed by atoms with E-state index in [0.29, 0.717) is 18.5 Å². The van der Waals surface area contributed by atoms with Crippen LogP contribution in [0, 0.1) is 13.8 Å². The van der Waals surface area contributed by atoms with Gasteiger partial charge in [0.05, 0.1) is 25.6 Å². The van der Waals surface area contributed by atoms with Crippen LogP contribution in [0.1, 0.15) is 25.0 Å². The zero-order valence-electron chi connectivity index (χ0n) is 11.6. The lowest BCUT2D eigenvalue weighted by Gasteiger charge is -2.20. The standard InChI is InChI=1S/C13H21O4P/c1-6-16-18(14,17-7-2)13-9-8-12(15-5)10(3)11(13)4/h8-9H,6-7H2,1-5H3. The van der Waals surface area contributed by atoms with Gasteiger partial charge in [-0.1, -0.05) is 0 Å². The van der Waals surface area contributed by atoms with Crippen molar-refractivity contribution in [2.45, 2.75) is 27.7 Å². The molecule has 0 amide bonds. The van der Waals surface area contributed by atoms with Crippen LogP contribution in [0.5, 0.6) is 5.75 Å². The van der Waals surface area contributed by atoms with E-state index in [1.54, 1.807) is 33.1 Å². The topological polar surface area (TPSA) is 44.8 Å². The van der Waals surface area contributed by atoms with Crippen molar-refractivity contribution in [1.82, 2.24) is 0 Å². The molecular weight excluding hydrogens is 251 g/mol. The van der Waals surface area contributed by atoms with Crippen molar-refractivity contribution in [2.75, 3.05) is 20.3 Å². The van der Waals surface area contributed by atoms with E-state index in [0.717, 1.165) is 16.9 Å². The second kappa shape index (κ2) is 6.37. The van der Waals surface area contributed by atoms with Crippen LogP contribution in [0.3, 0.4) is 0 Å². The highest BCUT2D eigenvalue weighted by molar-refractivity contribution is 7.62. The van der Waals surface area contributed by atoms with Crippen molar-refractivity contribution < 1.29 is 18.3 Å². The first-order valence-corrected chi connectivity index (χ1v) is 7.58. The molecule has 0 heterocycles. The van der Waals surface area contributed by atoms with E-state index < -0.39 is 7.60 Å². The van der Waals surface area contributed by atoms with Crippen molar-refractivity contribution in [3.8, 4) is 5.75 Å². The van der Waals surface area contributed by atoms with E-state index in [1.165, 1.54) is 0 Å². The van der Waals surface area contributed by atoms with Crippen LogP contribution in [0.25, 0.3) is 0 Å². The Morgan fingerprint density at radius 2 is 1.61 bits per heavy atom. The maximum Gasteiger partial charge on any atom is 0.361 e. The summed E-state index contributed by atoms with van der Waals surface area (Å²) in [5, 5.41) is 0.615. The fraction of sp³-hybridized carbons (Fsp3) is 0.538. The lowest BCUT2D eigenvalue weighted by atomic mass is 10.1. The Kier molecular flexibility index (Phi) is 5.39. The summed E-state index contributed by atoms with van der Waals surface area (Å²) in [5.74, 6) is 0.774. The van der Waals surface area contributed by atoms with Crippen molar-refractivity contribution >= 4 is 12.9 Å². The van der Waals surface area contributed by atoms with E-state index in [2.05, 4.69) is 0 Å². The average molecular weight is 272 g/mol. The van der Waals surface area contributed by atoms with Gasteiger partial charge in [-0.15, -0.1) is 0 Å². The van der Waals surface area contributed by atoms with E-state index in [4.69, 9.17) is 13.8 Å². The van der Waals surface area contributed by atoms with E-state index >= 15 is 0 Å². The highest BCUT2D eigenvalue weighted by Crippen LogP contribution is 2.48. The second-order valence-electron chi connectivity index (χ2n) is 3.87. The van der Waals surface area contributed by atoms with Gasteiger partial charge in [-0.25, -0.2) is 0 Å². The molecule has 102 valence electrons. The molecule has 1 aromatic carbocycles. The molecule has 0 saturated carbocycles. The minimum atomic E-state index is -3.22. The van der Waals surface area contributed by atoms with Gasteiger partial charge in [0, 0.05) is 0 Å². The van der Waals surface area contributed by atoms with E-state index in [9.17, 15) is 4.57 Å².